The van der Waals surface area contributed by atoms with Crippen molar-refractivity contribution < 1.29 is 18.7 Å². The maximum Gasteiger partial charge on any atom is 0.289 e. The van der Waals surface area contributed by atoms with Crippen molar-refractivity contribution in [3.05, 3.63) is 30.0 Å². The lowest BCUT2D eigenvalue weighted by atomic mass is 9.97. The summed E-state index contributed by atoms with van der Waals surface area (Å²) in [5.41, 5.74) is 0.630. The molecule has 0 radical (unpaired) electrons. The van der Waals surface area contributed by atoms with Crippen LogP contribution in [-0.2, 0) is 4.74 Å². The van der Waals surface area contributed by atoms with Crippen molar-refractivity contribution in [2.24, 2.45) is 5.92 Å². The van der Waals surface area contributed by atoms with Crippen molar-refractivity contribution in [2.45, 2.75) is 19.8 Å². The summed E-state index contributed by atoms with van der Waals surface area (Å²) in [6.45, 7) is 4.90. The summed E-state index contributed by atoms with van der Waals surface area (Å²) < 4.78 is 16.8. The topological polar surface area (TPSA) is 51.9 Å². The van der Waals surface area contributed by atoms with Gasteiger partial charge < -0.3 is 18.8 Å². The van der Waals surface area contributed by atoms with E-state index in [0.29, 0.717) is 55.9 Å². The van der Waals surface area contributed by atoms with E-state index in [1.165, 1.54) is 0 Å². The van der Waals surface area contributed by atoms with Crippen molar-refractivity contribution in [1.29, 1.82) is 0 Å². The van der Waals surface area contributed by atoms with Crippen molar-refractivity contribution >= 4 is 16.9 Å². The lowest BCUT2D eigenvalue weighted by Gasteiger charge is -2.31. The van der Waals surface area contributed by atoms with E-state index >= 15 is 0 Å². The molecule has 0 aliphatic carbocycles. The van der Waals surface area contributed by atoms with Gasteiger partial charge in [-0.15, -0.1) is 6.42 Å². The quantitative estimate of drug-likeness (QED) is 0.597. The highest BCUT2D eigenvalue weighted by Gasteiger charge is 2.26. The van der Waals surface area contributed by atoms with Crippen LogP contribution in [-0.4, -0.2) is 43.7 Å². The van der Waals surface area contributed by atoms with Crippen LogP contribution < -0.4 is 4.74 Å². The Morgan fingerprint density at radius 1 is 1.40 bits per heavy atom. The second-order valence-corrected chi connectivity index (χ2v) is 6.17. The highest BCUT2D eigenvalue weighted by atomic mass is 16.5. The highest BCUT2D eigenvalue weighted by Crippen LogP contribution is 2.30. The Morgan fingerprint density at radius 3 is 2.92 bits per heavy atom. The predicted molar refractivity (Wildman–Crippen MR) is 95.7 cm³/mol. The molecule has 0 atom stereocenters. The number of likely N-dealkylation sites (tertiary alicyclic amines) is 1. The Bertz CT molecular complexity index is 766. The van der Waals surface area contributed by atoms with E-state index < -0.39 is 0 Å². The van der Waals surface area contributed by atoms with Gasteiger partial charge in [0, 0.05) is 18.5 Å². The molecule has 2 heterocycles. The van der Waals surface area contributed by atoms with Gasteiger partial charge in [-0.3, -0.25) is 4.79 Å². The van der Waals surface area contributed by atoms with Crippen molar-refractivity contribution in [1.82, 2.24) is 4.90 Å². The largest absolute Gasteiger partial charge is 0.490 e. The summed E-state index contributed by atoms with van der Waals surface area (Å²) in [4.78, 5) is 14.6. The Labute approximate surface area is 147 Å². The fraction of sp³-hybridized carbons (Fsp3) is 0.450. The number of rotatable bonds is 6. The SMILES string of the molecule is C#CCOCC1CCN(C(=O)c2cc3cccc(OCC)c3o2)CC1. The fourth-order valence-corrected chi connectivity index (χ4v) is 3.15. The summed E-state index contributed by atoms with van der Waals surface area (Å²) in [5, 5.41) is 0.881. The van der Waals surface area contributed by atoms with Crippen LogP contribution in [0.4, 0.5) is 0 Å². The van der Waals surface area contributed by atoms with Crippen LogP contribution in [0.2, 0.25) is 0 Å². The predicted octanol–water partition coefficient (Wildman–Crippen LogP) is 3.33. The lowest BCUT2D eigenvalue weighted by Crippen LogP contribution is -2.39. The number of furan rings is 1. The number of fused-ring (bicyclic) bond motifs is 1. The third kappa shape index (κ3) is 3.97. The summed E-state index contributed by atoms with van der Waals surface area (Å²) in [7, 11) is 0. The van der Waals surface area contributed by atoms with Gasteiger partial charge in [-0.25, -0.2) is 0 Å². The molecule has 25 heavy (non-hydrogen) atoms. The van der Waals surface area contributed by atoms with E-state index in [2.05, 4.69) is 5.92 Å². The first kappa shape index (κ1) is 17.4. The molecule has 0 N–H and O–H groups in total. The monoisotopic (exact) mass is 341 g/mol. The Morgan fingerprint density at radius 2 is 2.20 bits per heavy atom. The summed E-state index contributed by atoms with van der Waals surface area (Å²) >= 11 is 0. The molecule has 1 aliphatic rings. The van der Waals surface area contributed by atoms with E-state index in [4.69, 9.17) is 20.3 Å². The van der Waals surface area contributed by atoms with Gasteiger partial charge in [0.1, 0.15) is 6.61 Å². The lowest BCUT2D eigenvalue weighted by molar-refractivity contribution is 0.0558. The van der Waals surface area contributed by atoms with E-state index in [0.717, 1.165) is 18.2 Å². The summed E-state index contributed by atoms with van der Waals surface area (Å²) in [5.74, 6) is 3.90. The van der Waals surface area contributed by atoms with Gasteiger partial charge in [0.15, 0.2) is 17.1 Å². The molecule has 132 valence electrons. The van der Waals surface area contributed by atoms with Gasteiger partial charge in [-0.1, -0.05) is 18.1 Å². The molecular formula is C20H23NO4. The van der Waals surface area contributed by atoms with Crippen LogP contribution in [0, 0.1) is 18.3 Å². The molecule has 5 heteroatoms. The number of carbonyl (C=O) groups is 1. The molecule has 0 saturated carbocycles. The van der Waals surface area contributed by atoms with Gasteiger partial charge in [0.2, 0.25) is 0 Å². The van der Waals surface area contributed by atoms with Crippen LogP contribution in [0.1, 0.15) is 30.3 Å². The zero-order chi connectivity index (χ0) is 17.6. The molecule has 1 fully saturated rings. The standard InChI is InChI=1S/C20H23NO4/c1-3-12-23-14-15-8-10-21(11-9-15)20(22)18-13-16-6-5-7-17(24-4-2)19(16)25-18/h1,5-7,13,15H,4,8-12,14H2,2H3. The normalized spacial score (nSPS) is 15.3. The third-order valence-corrected chi connectivity index (χ3v) is 4.46. The smallest absolute Gasteiger partial charge is 0.289 e. The summed E-state index contributed by atoms with van der Waals surface area (Å²) in [6, 6.07) is 7.47. The zero-order valence-electron chi connectivity index (χ0n) is 14.5. The minimum atomic E-state index is -0.0679. The first-order chi connectivity index (χ1) is 12.2. The number of hydrogen-bond donors (Lipinski definition) is 0. The number of carbonyl (C=O) groups excluding carboxylic acids is 1. The van der Waals surface area contributed by atoms with Crippen molar-refractivity contribution in [3.63, 3.8) is 0 Å². The molecule has 1 saturated heterocycles. The number of amides is 1. The number of benzene rings is 1. The number of ether oxygens (including phenoxy) is 2. The molecule has 1 aromatic carbocycles. The van der Waals surface area contributed by atoms with Crippen LogP contribution in [0.15, 0.2) is 28.7 Å². The van der Waals surface area contributed by atoms with Gasteiger partial charge in [0.05, 0.1) is 13.2 Å². The molecule has 1 aliphatic heterocycles. The van der Waals surface area contributed by atoms with E-state index in [1.807, 2.05) is 30.0 Å². The van der Waals surface area contributed by atoms with Crippen molar-refractivity contribution in [2.75, 3.05) is 32.9 Å². The first-order valence-corrected chi connectivity index (χ1v) is 8.68. The molecule has 5 nitrogen and oxygen atoms in total. The number of nitrogens with zero attached hydrogens (tertiary/aromatic N) is 1. The average Bonchev–Trinajstić information content (AvgIpc) is 3.07. The van der Waals surface area contributed by atoms with Gasteiger partial charge in [-0.2, -0.15) is 0 Å². The molecule has 0 spiro atoms. The molecule has 0 bridgehead atoms. The Hall–Kier alpha value is -2.45. The van der Waals surface area contributed by atoms with Gasteiger partial charge in [-0.05, 0) is 37.8 Å². The maximum atomic E-state index is 12.7. The number of hydrogen-bond acceptors (Lipinski definition) is 4. The molecular weight excluding hydrogens is 318 g/mol. The van der Waals surface area contributed by atoms with Gasteiger partial charge >= 0.3 is 0 Å². The minimum absolute atomic E-state index is 0.0679. The Kier molecular flexibility index (Phi) is 5.62. The fourth-order valence-electron chi connectivity index (χ4n) is 3.15. The van der Waals surface area contributed by atoms with Crippen molar-refractivity contribution in [3.8, 4) is 18.1 Å². The molecule has 0 unspecified atom stereocenters. The second-order valence-electron chi connectivity index (χ2n) is 6.17. The second kappa shape index (κ2) is 8.09. The van der Waals surface area contributed by atoms with Crippen LogP contribution >= 0.6 is 0 Å². The Balaban J connectivity index is 1.65. The first-order valence-electron chi connectivity index (χ1n) is 8.68. The van der Waals surface area contributed by atoms with Crippen LogP contribution in [0.5, 0.6) is 5.75 Å². The van der Waals surface area contributed by atoms with E-state index in [-0.39, 0.29) is 5.91 Å². The van der Waals surface area contributed by atoms with E-state index in [9.17, 15) is 4.79 Å². The highest BCUT2D eigenvalue weighted by molar-refractivity contribution is 5.97. The van der Waals surface area contributed by atoms with Crippen LogP contribution in [0.3, 0.4) is 0 Å². The number of para-hydroxylation sites is 1. The zero-order valence-corrected chi connectivity index (χ0v) is 14.5. The summed E-state index contributed by atoms with van der Waals surface area (Å²) in [6.07, 6.45) is 7.02. The average molecular weight is 341 g/mol. The van der Waals surface area contributed by atoms with E-state index in [1.54, 1.807) is 6.07 Å². The molecule has 1 amide bonds. The minimum Gasteiger partial charge on any atom is -0.490 e. The molecule has 2 aromatic rings. The molecule has 3 rings (SSSR count). The maximum absolute atomic E-state index is 12.7. The number of piperidine rings is 1. The molecule has 1 aromatic heterocycles. The van der Waals surface area contributed by atoms with Crippen LogP contribution in [0.25, 0.3) is 11.0 Å². The third-order valence-electron chi connectivity index (χ3n) is 4.46. The number of terminal acetylenes is 1. The van der Waals surface area contributed by atoms with Gasteiger partial charge in [0.25, 0.3) is 5.91 Å².